The molecule has 0 atom stereocenters. The van der Waals surface area contributed by atoms with E-state index in [0.717, 1.165) is 28.0 Å². The van der Waals surface area contributed by atoms with Crippen LogP contribution in [0.15, 0.2) is 24.3 Å². The van der Waals surface area contributed by atoms with Crippen LogP contribution in [0.2, 0.25) is 0 Å². The number of nitrogens with zero attached hydrogens (tertiary/aromatic N) is 3. The summed E-state index contributed by atoms with van der Waals surface area (Å²) in [6.45, 7) is 8.14. The molecule has 1 aromatic carbocycles. The normalized spacial score (nSPS) is 11.2. The van der Waals surface area contributed by atoms with Gasteiger partial charge in [0, 0.05) is 5.69 Å². The van der Waals surface area contributed by atoms with Gasteiger partial charge in [0.1, 0.15) is 11.6 Å². The first-order valence-corrected chi connectivity index (χ1v) is 6.68. The number of hydrogen-bond acceptors (Lipinski definition) is 3. The van der Waals surface area contributed by atoms with Gasteiger partial charge >= 0.3 is 0 Å². The highest BCUT2D eigenvalue weighted by atomic mass is 15.1. The molecule has 4 nitrogen and oxygen atoms in total. The second kappa shape index (κ2) is 4.34. The van der Waals surface area contributed by atoms with Crippen LogP contribution in [0.3, 0.4) is 0 Å². The zero-order valence-electron chi connectivity index (χ0n) is 12.2. The van der Waals surface area contributed by atoms with E-state index in [1.165, 1.54) is 5.56 Å². The van der Waals surface area contributed by atoms with E-state index in [1.807, 2.05) is 19.1 Å². The molecule has 0 bridgehead atoms. The van der Waals surface area contributed by atoms with Crippen molar-refractivity contribution in [2.24, 2.45) is 0 Å². The summed E-state index contributed by atoms with van der Waals surface area (Å²) >= 11 is 0. The second-order valence-corrected chi connectivity index (χ2v) is 5.19. The van der Waals surface area contributed by atoms with E-state index in [2.05, 4.69) is 47.4 Å². The maximum absolute atomic E-state index is 6.09. The van der Waals surface area contributed by atoms with Gasteiger partial charge in [-0.2, -0.15) is 0 Å². The molecule has 0 amide bonds. The molecule has 2 aromatic heterocycles. The molecule has 2 N–H and O–H groups in total. The predicted molar refractivity (Wildman–Crippen MR) is 82.2 cm³/mol. The number of aryl methyl sites for hydroxylation is 3. The van der Waals surface area contributed by atoms with Crippen molar-refractivity contribution < 1.29 is 0 Å². The van der Waals surface area contributed by atoms with E-state index < -0.39 is 0 Å². The number of para-hydroxylation sites is 1. The first kappa shape index (κ1) is 12.7. The van der Waals surface area contributed by atoms with Crippen LogP contribution in [0.25, 0.3) is 16.7 Å². The fourth-order valence-corrected chi connectivity index (χ4v) is 2.72. The molecule has 20 heavy (non-hydrogen) atoms. The number of fused-ring (bicyclic) bond motifs is 1. The number of anilines is 1. The fourth-order valence-electron chi connectivity index (χ4n) is 2.72. The van der Waals surface area contributed by atoms with E-state index >= 15 is 0 Å². The van der Waals surface area contributed by atoms with E-state index in [9.17, 15) is 0 Å². The summed E-state index contributed by atoms with van der Waals surface area (Å²) in [6, 6.07) is 8.30. The largest absolute Gasteiger partial charge is 0.383 e. The molecule has 2 heterocycles. The summed E-state index contributed by atoms with van der Waals surface area (Å²) in [4.78, 5) is 8.89. The molecule has 0 aliphatic heterocycles. The van der Waals surface area contributed by atoms with Gasteiger partial charge in [-0.15, -0.1) is 0 Å². The van der Waals surface area contributed by atoms with Gasteiger partial charge in [0.25, 0.3) is 0 Å². The van der Waals surface area contributed by atoms with Gasteiger partial charge in [-0.1, -0.05) is 18.2 Å². The Labute approximate surface area is 118 Å². The van der Waals surface area contributed by atoms with Gasteiger partial charge in [-0.05, 0) is 44.9 Å². The molecular weight excluding hydrogens is 248 g/mol. The Kier molecular flexibility index (Phi) is 2.74. The highest BCUT2D eigenvalue weighted by Gasteiger charge is 2.17. The van der Waals surface area contributed by atoms with Gasteiger partial charge in [-0.25, -0.2) is 9.97 Å². The number of rotatable bonds is 1. The van der Waals surface area contributed by atoms with Crippen LogP contribution < -0.4 is 5.73 Å². The minimum absolute atomic E-state index is 0.556. The zero-order valence-corrected chi connectivity index (χ0v) is 12.2. The number of aromatic nitrogens is 3. The molecule has 0 fully saturated rings. The van der Waals surface area contributed by atoms with Crippen LogP contribution in [0.1, 0.15) is 22.6 Å². The lowest BCUT2D eigenvalue weighted by Gasteiger charge is -2.11. The standard InChI is InChI=1S/C16H18N4/c1-9-7-5-6-8-13(9)20-11(3)10(2)14-15(17)18-12(4)19-16(14)20/h5-8H,1-4H3,(H2,17,18,19). The van der Waals surface area contributed by atoms with Gasteiger partial charge < -0.3 is 5.73 Å². The maximum Gasteiger partial charge on any atom is 0.150 e. The number of hydrogen-bond donors (Lipinski definition) is 1. The van der Waals surface area contributed by atoms with E-state index in [4.69, 9.17) is 5.73 Å². The van der Waals surface area contributed by atoms with E-state index in [-0.39, 0.29) is 0 Å². The third kappa shape index (κ3) is 1.68. The second-order valence-electron chi connectivity index (χ2n) is 5.19. The van der Waals surface area contributed by atoms with Gasteiger partial charge in [-0.3, -0.25) is 4.57 Å². The average molecular weight is 266 g/mol. The molecular formula is C16H18N4. The molecule has 4 heteroatoms. The Morgan fingerprint density at radius 3 is 2.40 bits per heavy atom. The molecule has 0 radical (unpaired) electrons. The number of nitrogens with two attached hydrogens (primary N) is 1. The van der Waals surface area contributed by atoms with Gasteiger partial charge in [0.05, 0.1) is 11.1 Å². The van der Waals surface area contributed by atoms with Crippen LogP contribution in [-0.4, -0.2) is 14.5 Å². The predicted octanol–water partition coefficient (Wildman–Crippen LogP) is 3.24. The third-order valence-electron chi connectivity index (χ3n) is 3.85. The SMILES string of the molecule is Cc1nc(N)c2c(C)c(C)n(-c3ccccc3C)c2n1. The Balaban J connectivity index is 2.48. The molecule has 0 aliphatic carbocycles. The summed E-state index contributed by atoms with van der Waals surface area (Å²) in [7, 11) is 0. The molecule has 3 rings (SSSR count). The highest BCUT2D eigenvalue weighted by molar-refractivity contribution is 5.92. The first-order chi connectivity index (χ1) is 9.50. The van der Waals surface area contributed by atoms with Crippen molar-refractivity contribution >= 4 is 16.9 Å². The first-order valence-electron chi connectivity index (χ1n) is 6.68. The molecule has 102 valence electrons. The Morgan fingerprint density at radius 1 is 1.00 bits per heavy atom. The Hall–Kier alpha value is -2.36. The minimum Gasteiger partial charge on any atom is -0.383 e. The lowest BCUT2D eigenvalue weighted by atomic mass is 10.2. The molecule has 0 unspecified atom stereocenters. The highest BCUT2D eigenvalue weighted by Crippen LogP contribution is 2.31. The molecule has 0 aliphatic rings. The van der Waals surface area contributed by atoms with E-state index in [1.54, 1.807) is 0 Å². The Morgan fingerprint density at radius 2 is 1.70 bits per heavy atom. The van der Waals surface area contributed by atoms with Gasteiger partial charge in [0.15, 0.2) is 5.65 Å². The van der Waals surface area contributed by atoms with Crippen LogP contribution in [0.5, 0.6) is 0 Å². The third-order valence-corrected chi connectivity index (χ3v) is 3.85. The number of nitrogen functional groups attached to an aromatic ring is 1. The molecule has 0 spiro atoms. The van der Waals surface area contributed by atoms with Gasteiger partial charge in [0.2, 0.25) is 0 Å². The molecule has 0 saturated heterocycles. The summed E-state index contributed by atoms with van der Waals surface area (Å²) in [5, 5.41) is 0.955. The maximum atomic E-state index is 6.09. The quantitative estimate of drug-likeness (QED) is 0.735. The van der Waals surface area contributed by atoms with Crippen LogP contribution >= 0.6 is 0 Å². The van der Waals surface area contributed by atoms with Crippen LogP contribution in [-0.2, 0) is 0 Å². The van der Waals surface area contributed by atoms with Crippen molar-refractivity contribution in [3.05, 3.63) is 46.9 Å². The van der Waals surface area contributed by atoms with Crippen LogP contribution in [0.4, 0.5) is 5.82 Å². The van der Waals surface area contributed by atoms with Crippen molar-refractivity contribution in [3.63, 3.8) is 0 Å². The topological polar surface area (TPSA) is 56.7 Å². The van der Waals surface area contributed by atoms with Crippen molar-refractivity contribution in [2.45, 2.75) is 27.7 Å². The van der Waals surface area contributed by atoms with Crippen molar-refractivity contribution in [3.8, 4) is 5.69 Å². The molecule has 3 aromatic rings. The summed E-state index contributed by atoms with van der Waals surface area (Å²) < 4.78 is 2.17. The molecule has 0 saturated carbocycles. The summed E-state index contributed by atoms with van der Waals surface area (Å²) in [5.41, 5.74) is 11.6. The number of benzene rings is 1. The smallest absolute Gasteiger partial charge is 0.150 e. The zero-order chi connectivity index (χ0) is 14.4. The monoisotopic (exact) mass is 266 g/mol. The van der Waals surface area contributed by atoms with Crippen molar-refractivity contribution in [1.29, 1.82) is 0 Å². The van der Waals surface area contributed by atoms with Crippen LogP contribution in [0, 0.1) is 27.7 Å². The summed E-state index contributed by atoms with van der Waals surface area (Å²) in [5.74, 6) is 1.25. The average Bonchev–Trinajstić information content (AvgIpc) is 2.63. The lowest BCUT2D eigenvalue weighted by Crippen LogP contribution is -2.02. The van der Waals surface area contributed by atoms with Crippen molar-refractivity contribution in [1.82, 2.24) is 14.5 Å². The lowest BCUT2D eigenvalue weighted by molar-refractivity contribution is 0.986. The van der Waals surface area contributed by atoms with Crippen molar-refractivity contribution in [2.75, 3.05) is 5.73 Å². The minimum atomic E-state index is 0.556. The summed E-state index contributed by atoms with van der Waals surface area (Å²) in [6.07, 6.45) is 0. The van der Waals surface area contributed by atoms with E-state index in [0.29, 0.717) is 11.6 Å². The Bertz CT molecular complexity index is 815. The fraction of sp³-hybridized carbons (Fsp3) is 0.250.